The number of imidazole rings is 1. The number of nitrogens with one attached hydrogen (secondary N) is 2. The van der Waals surface area contributed by atoms with Gasteiger partial charge in [-0.3, -0.25) is 4.79 Å². The number of aliphatic hydroxyl groups excluding tert-OH is 1. The summed E-state index contributed by atoms with van der Waals surface area (Å²) in [6, 6.07) is 13.4. The molecule has 2 heterocycles. The molecule has 0 aliphatic carbocycles. The number of ether oxygens (including phenoxy) is 1. The molecule has 8 heteroatoms. The summed E-state index contributed by atoms with van der Waals surface area (Å²) in [6.45, 7) is 2.07. The van der Waals surface area contributed by atoms with Crippen molar-refractivity contribution < 1.29 is 19.4 Å². The normalized spacial score (nSPS) is 14.0. The van der Waals surface area contributed by atoms with Crippen molar-refractivity contribution in [2.45, 2.75) is 6.92 Å². The van der Waals surface area contributed by atoms with E-state index in [4.69, 9.17) is 4.74 Å². The number of rotatable bonds is 6. The molecule has 1 amide bonds. The lowest BCUT2D eigenvalue weighted by Gasteiger charge is -2.15. The number of aliphatic hydroxyl groups is 1. The van der Waals surface area contributed by atoms with E-state index in [9.17, 15) is 14.7 Å². The van der Waals surface area contributed by atoms with Crippen LogP contribution in [-0.2, 0) is 14.3 Å². The number of aromatic nitrogens is 2. The van der Waals surface area contributed by atoms with Crippen LogP contribution in [0, 0.1) is 6.92 Å². The molecule has 0 fully saturated rings. The largest absolute Gasteiger partial charge is 0.466 e. The van der Waals surface area contributed by atoms with Gasteiger partial charge in [0.15, 0.2) is 0 Å². The molecule has 0 atom stereocenters. The Kier molecular flexibility index (Phi) is 5.24. The first-order chi connectivity index (χ1) is 14.5. The third kappa shape index (κ3) is 3.65. The molecule has 3 N–H and O–H groups in total. The minimum atomic E-state index is -0.574. The van der Waals surface area contributed by atoms with Gasteiger partial charge >= 0.3 is 5.97 Å². The van der Waals surface area contributed by atoms with Crippen molar-refractivity contribution in [1.29, 1.82) is 0 Å². The van der Waals surface area contributed by atoms with Gasteiger partial charge < -0.3 is 25.0 Å². The highest BCUT2D eigenvalue weighted by Crippen LogP contribution is 2.27. The second-order valence-corrected chi connectivity index (χ2v) is 7.11. The topological polar surface area (TPSA) is 108 Å². The number of fused-ring (bicyclic) bond motifs is 1. The van der Waals surface area contributed by atoms with Crippen LogP contribution >= 0.6 is 0 Å². The van der Waals surface area contributed by atoms with E-state index < -0.39 is 5.97 Å². The van der Waals surface area contributed by atoms with Crippen molar-refractivity contribution >= 4 is 28.6 Å². The van der Waals surface area contributed by atoms with Crippen LogP contribution in [0.25, 0.3) is 22.4 Å². The average molecular weight is 406 g/mol. The number of H-pyrrole nitrogens is 1. The fourth-order valence-electron chi connectivity index (χ4n) is 3.50. The zero-order chi connectivity index (χ0) is 21.3. The zero-order valence-electron chi connectivity index (χ0n) is 16.7. The second-order valence-electron chi connectivity index (χ2n) is 7.11. The summed E-state index contributed by atoms with van der Waals surface area (Å²) in [5.41, 5.74) is 4.84. The maximum atomic E-state index is 12.7. The molecule has 0 spiro atoms. The molecule has 8 nitrogen and oxygen atoms in total. The second kappa shape index (κ2) is 8.00. The van der Waals surface area contributed by atoms with Gasteiger partial charge in [-0.1, -0.05) is 18.2 Å². The summed E-state index contributed by atoms with van der Waals surface area (Å²) in [6.07, 6.45) is 0. The Balaban J connectivity index is 1.66. The van der Waals surface area contributed by atoms with Crippen LogP contribution in [-0.4, -0.2) is 58.7 Å². The number of carbonyl (C=O) groups is 2. The minimum Gasteiger partial charge on any atom is -0.466 e. The number of aryl methyl sites for hydroxylation is 1. The fourth-order valence-corrected chi connectivity index (χ4v) is 3.50. The van der Waals surface area contributed by atoms with Gasteiger partial charge in [-0.2, -0.15) is 0 Å². The fraction of sp³-hybridized carbons (Fsp3) is 0.227. The van der Waals surface area contributed by atoms with Gasteiger partial charge in [0.2, 0.25) is 0 Å². The number of β-amino-alcohol motifs (C(OH)–C–C–N with tert-alkyl or cyclic N) is 1. The number of methoxy groups -OCH3 is 1. The van der Waals surface area contributed by atoms with Crippen molar-refractivity contribution in [2.24, 2.45) is 0 Å². The highest BCUT2D eigenvalue weighted by atomic mass is 16.5. The molecular weight excluding hydrogens is 384 g/mol. The molecular formula is C22H22N4O4. The van der Waals surface area contributed by atoms with Crippen LogP contribution in [0.5, 0.6) is 0 Å². The van der Waals surface area contributed by atoms with E-state index in [-0.39, 0.29) is 36.9 Å². The molecule has 30 heavy (non-hydrogen) atoms. The SMILES string of the molecule is COC(=O)C1=C(Nc2cccc(-c3nc4ccc(C)cc4[nH]3)c2)C(=O)N(CCO)C1. The van der Waals surface area contributed by atoms with Gasteiger partial charge in [0, 0.05) is 17.8 Å². The number of aromatic amines is 1. The van der Waals surface area contributed by atoms with E-state index in [2.05, 4.69) is 15.3 Å². The number of benzene rings is 2. The molecule has 1 aliphatic rings. The first-order valence-corrected chi connectivity index (χ1v) is 9.55. The Morgan fingerprint density at radius 2 is 2.13 bits per heavy atom. The third-order valence-corrected chi connectivity index (χ3v) is 5.00. The number of anilines is 1. The van der Waals surface area contributed by atoms with Crippen molar-refractivity contribution in [3.8, 4) is 11.4 Å². The molecule has 4 rings (SSSR count). The number of hydrogen-bond donors (Lipinski definition) is 3. The first-order valence-electron chi connectivity index (χ1n) is 9.55. The summed E-state index contributed by atoms with van der Waals surface area (Å²) in [4.78, 5) is 34.2. The lowest BCUT2D eigenvalue weighted by atomic mass is 10.1. The maximum absolute atomic E-state index is 12.7. The van der Waals surface area contributed by atoms with Crippen molar-refractivity contribution in [1.82, 2.24) is 14.9 Å². The molecule has 1 aromatic heterocycles. The monoisotopic (exact) mass is 406 g/mol. The Morgan fingerprint density at radius 1 is 1.30 bits per heavy atom. The van der Waals surface area contributed by atoms with Crippen LogP contribution in [0.1, 0.15) is 5.56 Å². The Labute approximate surface area is 173 Å². The van der Waals surface area contributed by atoms with E-state index in [1.165, 1.54) is 12.0 Å². The molecule has 1 aliphatic heterocycles. The Bertz CT molecular complexity index is 1160. The number of esters is 1. The van der Waals surface area contributed by atoms with Crippen molar-refractivity contribution in [3.05, 3.63) is 59.3 Å². The third-order valence-electron chi connectivity index (χ3n) is 5.00. The summed E-state index contributed by atoms with van der Waals surface area (Å²) < 4.78 is 4.82. The van der Waals surface area contributed by atoms with Gasteiger partial charge in [-0.05, 0) is 36.8 Å². The van der Waals surface area contributed by atoms with Crippen LogP contribution in [0.15, 0.2) is 53.7 Å². The van der Waals surface area contributed by atoms with Gasteiger partial charge in [0.25, 0.3) is 5.91 Å². The summed E-state index contributed by atoms with van der Waals surface area (Å²) >= 11 is 0. The van der Waals surface area contributed by atoms with E-state index in [0.717, 1.165) is 22.2 Å². The predicted molar refractivity (Wildman–Crippen MR) is 113 cm³/mol. The number of nitrogens with zero attached hydrogens (tertiary/aromatic N) is 2. The summed E-state index contributed by atoms with van der Waals surface area (Å²) in [5.74, 6) is -0.217. The zero-order valence-corrected chi connectivity index (χ0v) is 16.7. The maximum Gasteiger partial charge on any atom is 0.337 e. The van der Waals surface area contributed by atoms with Crippen LogP contribution in [0.3, 0.4) is 0 Å². The highest BCUT2D eigenvalue weighted by molar-refractivity contribution is 6.08. The molecule has 3 aromatic rings. The minimum absolute atomic E-state index is 0.0943. The molecule has 154 valence electrons. The molecule has 0 radical (unpaired) electrons. The summed E-state index contributed by atoms with van der Waals surface area (Å²) in [5, 5.41) is 12.2. The molecule has 0 bridgehead atoms. The van der Waals surface area contributed by atoms with Crippen molar-refractivity contribution in [3.63, 3.8) is 0 Å². The van der Waals surface area contributed by atoms with E-state index >= 15 is 0 Å². The first kappa shape index (κ1) is 19.7. The predicted octanol–water partition coefficient (Wildman–Crippen LogP) is 2.21. The highest BCUT2D eigenvalue weighted by Gasteiger charge is 2.34. The van der Waals surface area contributed by atoms with E-state index in [0.29, 0.717) is 11.5 Å². The Hall–Kier alpha value is -3.65. The van der Waals surface area contributed by atoms with Gasteiger partial charge in [0.05, 0.1) is 36.9 Å². The molecule has 0 saturated heterocycles. The van der Waals surface area contributed by atoms with Crippen LogP contribution in [0.2, 0.25) is 0 Å². The number of amides is 1. The van der Waals surface area contributed by atoms with Crippen molar-refractivity contribution in [2.75, 3.05) is 32.1 Å². The van der Waals surface area contributed by atoms with Gasteiger partial charge in [-0.15, -0.1) is 0 Å². The summed E-state index contributed by atoms with van der Waals surface area (Å²) in [7, 11) is 1.27. The van der Waals surface area contributed by atoms with Gasteiger partial charge in [-0.25, -0.2) is 9.78 Å². The smallest absolute Gasteiger partial charge is 0.337 e. The molecule has 2 aromatic carbocycles. The Morgan fingerprint density at radius 3 is 2.90 bits per heavy atom. The number of hydrogen-bond acceptors (Lipinski definition) is 6. The van der Waals surface area contributed by atoms with E-state index in [1.54, 1.807) is 6.07 Å². The molecule has 0 saturated carbocycles. The van der Waals surface area contributed by atoms with Crippen LogP contribution in [0.4, 0.5) is 5.69 Å². The van der Waals surface area contributed by atoms with E-state index in [1.807, 2.05) is 43.3 Å². The van der Waals surface area contributed by atoms with Gasteiger partial charge in [0.1, 0.15) is 11.5 Å². The lowest BCUT2D eigenvalue weighted by molar-refractivity contribution is -0.136. The molecule has 0 unspecified atom stereocenters. The standard InChI is InChI=1S/C22H22N4O4/c1-13-6-7-17-18(10-13)25-20(24-17)14-4-3-5-15(11-14)23-19-16(22(29)30-2)12-26(8-9-27)21(19)28/h3-7,10-11,23,27H,8-9,12H2,1-2H3,(H,24,25). The average Bonchev–Trinajstić information content (AvgIpc) is 3.30. The quantitative estimate of drug-likeness (QED) is 0.542. The lowest BCUT2D eigenvalue weighted by Crippen LogP contribution is -2.31. The number of carbonyl (C=O) groups excluding carboxylic acids is 2. The van der Waals surface area contributed by atoms with Crippen LogP contribution < -0.4 is 5.32 Å².